The molecule has 8 atom stereocenters. The maximum atomic E-state index is 15.2. The topological polar surface area (TPSA) is 224 Å². The second kappa shape index (κ2) is 22.1. The van der Waals surface area contributed by atoms with E-state index in [-0.39, 0.29) is 37.9 Å². The fourth-order valence-corrected chi connectivity index (χ4v) is 9.54. The first-order chi connectivity index (χ1) is 33.6. The smallest absolute Gasteiger partial charge is 0.410 e. The van der Waals surface area contributed by atoms with Gasteiger partial charge in [0, 0.05) is 39.5 Å². The van der Waals surface area contributed by atoms with Gasteiger partial charge < -0.3 is 40.3 Å². The van der Waals surface area contributed by atoms with Crippen molar-refractivity contribution < 1.29 is 52.9 Å². The van der Waals surface area contributed by atoms with E-state index < -0.39 is 106 Å². The summed E-state index contributed by atoms with van der Waals surface area (Å²) >= 11 is 0. The van der Waals surface area contributed by atoms with E-state index in [1.165, 1.54) is 35.7 Å². The number of nitrogens with zero attached hydrogens (tertiary/aromatic N) is 4. The number of amides is 7. The zero-order valence-electron chi connectivity index (χ0n) is 45.9. The highest BCUT2D eigenvalue weighted by Gasteiger charge is 2.48. The van der Waals surface area contributed by atoms with E-state index in [2.05, 4.69) is 22.0 Å². The van der Waals surface area contributed by atoms with Crippen LogP contribution < -0.4 is 16.0 Å². The SMILES string of the molecule is C[C@@H](C(=O)NC(C(=O)N1Cc2cc(C3C[C@@H](C(=O)O)N(C(=O)[C@@H](NC(=O)[C@H](C)N(C)C(=O)OC(C)(C)C)C(C)(C)C)C3)ccc2CC1C(=O)NC1CCCc2ccccc21)C(C)(C)C)N(C)C(=O)OC(C)(C)C. The number of likely N-dealkylation sites (tertiary alicyclic amines) is 1. The molecule has 73 heavy (non-hydrogen) atoms. The van der Waals surface area contributed by atoms with Gasteiger partial charge in [0.2, 0.25) is 29.5 Å². The predicted octanol–water partition coefficient (Wildman–Crippen LogP) is 6.48. The monoisotopic (exact) mass is 1020 g/mol. The Labute approximate surface area is 431 Å². The average molecular weight is 1020 g/mol. The zero-order valence-corrected chi connectivity index (χ0v) is 45.9. The van der Waals surface area contributed by atoms with Crippen LogP contribution in [0.1, 0.15) is 156 Å². The lowest BCUT2D eigenvalue weighted by Crippen LogP contribution is -2.62. The van der Waals surface area contributed by atoms with Gasteiger partial charge >= 0.3 is 18.2 Å². The quantitative estimate of drug-likeness (QED) is 0.180. The highest BCUT2D eigenvalue weighted by Crippen LogP contribution is 2.38. The number of carboxylic acid groups (broad SMARTS) is 1. The van der Waals surface area contributed by atoms with Gasteiger partial charge in [-0.3, -0.25) is 33.8 Å². The first-order valence-electron chi connectivity index (χ1n) is 25.5. The molecule has 0 radical (unpaired) electrons. The summed E-state index contributed by atoms with van der Waals surface area (Å²) in [5, 5.41) is 19.6. The summed E-state index contributed by atoms with van der Waals surface area (Å²) in [5.74, 6) is -4.32. The minimum Gasteiger partial charge on any atom is -0.480 e. The lowest BCUT2D eigenvalue weighted by Gasteiger charge is -2.42. The third-order valence-electron chi connectivity index (χ3n) is 14.1. The van der Waals surface area contributed by atoms with E-state index in [4.69, 9.17) is 9.47 Å². The van der Waals surface area contributed by atoms with Crippen molar-refractivity contribution in [1.29, 1.82) is 0 Å². The van der Waals surface area contributed by atoms with Crippen LogP contribution in [-0.2, 0) is 57.6 Å². The Kier molecular flexibility index (Phi) is 17.5. The van der Waals surface area contributed by atoms with Crippen LogP contribution in [-0.4, -0.2) is 140 Å². The highest BCUT2D eigenvalue weighted by molar-refractivity contribution is 5.95. The molecular weight excluding hydrogens is 935 g/mol. The number of carbonyl (C=O) groups is 8. The fourth-order valence-electron chi connectivity index (χ4n) is 9.54. The summed E-state index contributed by atoms with van der Waals surface area (Å²) in [6.45, 7) is 24.0. The first-order valence-corrected chi connectivity index (χ1v) is 25.5. The summed E-state index contributed by atoms with van der Waals surface area (Å²) in [5.41, 5.74) is 1.07. The number of benzene rings is 2. The van der Waals surface area contributed by atoms with Gasteiger partial charge in [-0.1, -0.05) is 84.0 Å². The van der Waals surface area contributed by atoms with E-state index in [0.717, 1.165) is 52.0 Å². The maximum Gasteiger partial charge on any atom is 0.410 e. The van der Waals surface area contributed by atoms with Crippen LogP contribution in [0.5, 0.6) is 0 Å². The van der Waals surface area contributed by atoms with Crippen molar-refractivity contribution in [3.63, 3.8) is 0 Å². The molecule has 18 heteroatoms. The molecule has 3 aliphatic rings. The van der Waals surface area contributed by atoms with E-state index in [0.29, 0.717) is 0 Å². The van der Waals surface area contributed by atoms with E-state index in [1.54, 1.807) is 69.2 Å². The lowest BCUT2D eigenvalue weighted by molar-refractivity contribution is -0.151. The molecule has 18 nitrogen and oxygen atoms in total. The van der Waals surface area contributed by atoms with E-state index >= 15 is 4.79 Å². The summed E-state index contributed by atoms with van der Waals surface area (Å²) in [6.07, 6.45) is 1.26. The number of carbonyl (C=O) groups excluding carboxylic acids is 7. The van der Waals surface area contributed by atoms with Crippen LogP contribution in [0.4, 0.5) is 9.59 Å². The van der Waals surface area contributed by atoms with E-state index in [1.807, 2.05) is 57.2 Å². The van der Waals surface area contributed by atoms with Crippen molar-refractivity contribution in [2.24, 2.45) is 10.8 Å². The van der Waals surface area contributed by atoms with Crippen LogP contribution in [0.2, 0.25) is 0 Å². The molecule has 0 spiro atoms. The number of rotatable bonds is 12. The van der Waals surface area contributed by atoms with Crippen molar-refractivity contribution in [2.45, 2.75) is 195 Å². The minimum absolute atomic E-state index is 0.00892. The Morgan fingerprint density at radius 2 is 1.18 bits per heavy atom. The van der Waals surface area contributed by atoms with Crippen LogP contribution >= 0.6 is 0 Å². The minimum atomic E-state index is -1.24. The van der Waals surface area contributed by atoms with Crippen molar-refractivity contribution in [2.75, 3.05) is 20.6 Å². The molecule has 1 aliphatic carbocycles. The molecule has 2 aromatic rings. The largest absolute Gasteiger partial charge is 0.480 e. The van der Waals surface area contributed by atoms with Gasteiger partial charge in [-0.25, -0.2) is 14.4 Å². The molecule has 0 aromatic heterocycles. The summed E-state index contributed by atoms with van der Waals surface area (Å²) in [6, 6.07) is 6.80. The summed E-state index contributed by atoms with van der Waals surface area (Å²) < 4.78 is 10.9. The molecule has 402 valence electrons. The number of ether oxygens (including phenoxy) is 2. The van der Waals surface area contributed by atoms with Crippen LogP contribution in [0.15, 0.2) is 42.5 Å². The van der Waals surface area contributed by atoms with Gasteiger partial charge in [0.15, 0.2) is 0 Å². The molecule has 0 bridgehead atoms. The molecule has 7 amide bonds. The lowest BCUT2D eigenvalue weighted by atomic mass is 9.83. The Morgan fingerprint density at radius 3 is 1.67 bits per heavy atom. The second-order valence-electron chi connectivity index (χ2n) is 24.3. The van der Waals surface area contributed by atoms with Gasteiger partial charge in [-0.05, 0) is 120 Å². The fraction of sp³-hybridized carbons (Fsp3) is 0.636. The Morgan fingerprint density at radius 1 is 0.671 bits per heavy atom. The number of hydrogen-bond donors (Lipinski definition) is 4. The standard InChI is InChI=1S/C55H81N7O11/c1-31(59(15)50(70)72-54(9,10)11)44(63)57-42(52(3,4)5)47(66)61-29-36-26-34(24-25-35(36)27-40(61)46(65)56-39-23-19-21-33-20-17-18-22-38(33)39)37-28-41(49(68)69)62(30-37)48(67)43(53(6,7)8)58-45(64)32(2)60(16)51(71)73-55(12,13)14/h17-18,20,22,24-26,31-32,37,39-43H,19,21,23,27-30H2,1-16H3,(H,56,65)(H,57,63)(H,58,64)(H,68,69)/t31-,32-,37?,39?,40?,41-,42?,43+/m0/s1. The average Bonchev–Trinajstić information content (AvgIpc) is 3.75. The van der Waals surface area contributed by atoms with Gasteiger partial charge in [0.05, 0.1) is 6.04 Å². The Balaban J connectivity index is 1.46. The normalized spacial score (nSPS) is 20.7. The van der Waals surface area contributed by atoms with Crippen molar-refractivity contribution in [3.05, 3.63) is 70.3 Å². The van der Waals surface area contributed by atoms with Crippen LogP contribution in [0, 0.1) is 10.8 Å². The van der Waals surface area contributed by atoms with Crippen LogP contribution in [0.3, 0.4) is 0 Å². The summed E-state index contributed by atoms with van der Waals surface area (Å²) in [4.78, 5) is 116. The Bertz CT molecular complexity index is 2430. The van der Waals surface area contributed by atoms with E-state index in [9.17, 15) is 38.7 Å². The third-order valence-corrected chi connectivity index (χ3v) is 14.1. The van der Waals surface area contributed by atoms with Crippen LogP contribution in [0.25, 0.3) is 0 Å². The predicted molar refractivity (Wildman–Crippen MR) is 275 cm³/mol. The van der Waals surface area contributed by atoms with Gasteiger partial charge in [-0.2, -0.15) is 0 Å². The molecule has 4 N–H and O–H groups in total. The molecule has 2 aromatic carbocycles. The number of nitrogens with one attached hydrogen (secondary N) is 3. The molecule has 2 aliphatic heterocycles. The third kappa shape index (κ3) is 14.1. The van der Waals surface area contributed by atoms with Crippen molar-refractivity contribution in [1.82, 2.24) is 35.6 Å². The molecule has 1 fully saturated rings. The zero-order chi connectivity index (χ0) is 54.9. The maximum absolute atomic E-state index is 15.2. The van der Waals surface area contributed by atoms with Gasteiger partial charge in [-0.15, -0.1) is 0 Å². The number of carboxylic acids is 1. The molecular formula is C55H81N7O11. The molecule has 2 heterocycles. The molecule has 1 saturated heterocycles. The van der Waals surface area contributed by atoms with Crippen molar-refractivity contribution >= 4 is 47.7 Å². The highest BCUT2D eigenvalue weighted by atomic mass is 16.6. The van der Waals surface area contributed by atoms with Gasteiger partial charge in [0.1, 0.15) is 47.5 Å². The van der Waals surface area contributed by atoms with Crippen molar-refractivity contribution in [3.8, 4) is 0 Å². The second-order valence-corrected chi connectivity index (χ2v) is 24.3. The summed E-state index contributed by atoms with van der Waals surface area (Å²) in [7, 11) is 2.87. The first kappa shape index (κ1) is 57.7. The molecule has 4 unspecified atom stereocenters. The number of aryl methyl sites for hydroxylation is 1. The molecule has 5 rings (SSSR count). The number of fused-ring (bicyclic) bond motifs is 2. The number of hydrogen-bond acceptors (Lipinski definition) is 10. The Hall–Kier alpha value is -6.20. The number of likely N-dealkylation sites (N-methyl/N-ethyl adjacent to an activating group) is 2. The van der Waals surface area contributed by atoms with Gasteiger partial charge in [0.25, 0.3) is 0 Å². The molecule has 0 saturated carbocycles. The number of aliphatic carboxylic acids is 1.